The van der Waals surface area contributed by atoms with E-state index >= 15 is 0 Å². The summed E-state index contributed by atoms with van der Waals surface area (Å²) in [6.45, 7) is 2.40. The fourth-order valence-corrected chi connectivity index (χ4v) is 2.02. The molecule has 0 saturated carbocycles. The smallest absolute Gasteiger partial charge is 0.343 e. The third kappa shape index (κ3) is 1.91. The highest BCUT2D eigenvalue weighted by Crippen LogP contribution is 2.25. The highest BCUT2D eigenvalue weighted by Gasteiger charge is 2.11. The van der Waals surface area contributed by atoms with Crippen LogP contribution in [0.2, 0.25) is 0 Å². The van der Waals surface area contributed by atoms with Crippen molar-refractivity contribution < 1.29 is 0 Å². The predicted octanol–water partition coefficient (Wildman–Crippen LogP) is 0.115. The molecule has 2 aromatic rings. The van der Waals surface area contributed by atoms with Crippen molar-refractivity contribution in [3.05, 3.63) is 22.9 Å². The van der Waals surface area contributed by atoms with E-state index in [-0.39, 0.29) is 5.69 Å². The monoisotopic (exact) mass is 238 g/mol. The molecule has 0 bridgehead atoms. The number of rotatable bonds is 3. The highest BCUT2D eigenvalue weighted by atomic mass is 32.2. The van der Waals surface area contributed by atoms with Crippen LogP contribution in [0, 0.1) is 0 Å². The molecule has 0 saturated heterocycles. The second-order valence-electron chi connectivity index (χ2n) is 2.90. The molecule has 0 aromatic carbocycles. The Morgan fingerprint density at radius 3 is 2.94 bits per heavy atom. The van der Waals surface area contributed by atoms with E-state index in [0.717, 1.165) is 0 Å². The maximum atomic E-state index is 11.3. The van der Waals surface area contributed by atoms with Crippen molar-refractivity contribution in [1.29, 1.82) is 0 Å². The molecule has 0 amide bonds. The van der Waals surface area contributed by atoms with Crippen LogP contribution >= 0.6 is 11.8 Å². The average Bonchev–Trinajstić information content (AvgIpc) is 2.63. The summed E-state index contributed by atoms with van der Waals surface area (Å²) in [5.74, 6) is 0.325. The molecular weight excluding hydrogens is 228 g/mol. The Bertz CT molecular complexity index is 547. The van der Waals surface area contributed by atoms with E-state index < -0.39 is 0 Å². The van der Waals surface area contributed by atoms with Crippen LogP contribution < -0.4 is 11.4 Å². The number of anilines is 1. The number of hydrogen-bond acceptors (Lipinski definition) is 6. The molecule has 0 atom stereocenters. The molecule has 0 aliphatic heterocycles. The van der Waals surface area contributed by atoms with Gasteiger partial charge in [-0.25, -0.2) is 19.9 Å². The molecule has 2 aromatic heterocycles. The number of nitrogens with one attached hydrogen (secondary N) is 1. The van der Waals surface area contributed by atoms with Gasteiger partial charge >= 0.3 is 5.69 Å². The minimum absolute atomic E-state index is 0.243. The van der Waals surface area contributed by atoms with Crippen LogP contribution in [0.4, 0.5) is 5.82 Å². The van der Waals surface area contributed by atoms with Crippen molar-refractivity contribution >= 4 is 17.6 Å². The fraction of sp³-hybridized carbons (Fsp3) is 0.250. The third-order valence-corrected chi connectivity index (χ3v) is 2.92. The van der Waals surface area contributed by atoms with E-state index in [1.54, 1.807) is 6.20 Å². The quantitative estimate of drug-likeness (QED) is 0.787. The summed E-state index contributed by atoms with van der Waals surface area (Å²) in [6.07, 6.45) is 3.05. The second kappa shape index (κ2) is 4.35. The zero-order valence-electron chi connectivity index (χ0n) is 8.54. The summed E-state index contributed by atoms with van der Waals surface area (Å²) < 4.78 is 1.50. The van der Waals surface area contributed by atoms with Crippen LogP contribution in [-0.2, 0) is 6.54 Å². The third-order valence-electron chi connectivity index (χ3n) is 1.92. The van der Waals surface area contributed by atoms with Gasteiger partial charge in [-0.05, 0) is 18.7 Å². The van der Waals surface area contributed by atoms with Crippen molar-refractivity contribution in [3.63, 3.8) is 0 Å². The van der Waals surface area contributed by atoms with E-state index in [1.807, 2.05) is 6.92 Å². The maximum absolute atomic E-state index is 11.3. The standard InChI is InChI=1S/C8H10N6OS/c1-2-14-7(15)12-13-8(14)16-6-5(9)10-3-4-11-6/h3-4H,2H2,1H3,(H2,9,10)(H,12,15). The van der Waals surface area contributed by atoms with E-state index in [0.29, 0.717) is 22.5 Å². The Morgan fingerprint density at radius 1 is 1.50 bits per heavy atom. The minimum Gasteiger partial charge on any atom is -0.381 e. The summed E-state index contributed by atoms with van der Waals surface area (Å²) in [6, 6.07) is 0. The second-order valence-corrected chi connectivity index (χ2v) is 3.86. The molecule has 0 aliphatic carbocycles. The van der Waals surface area contributed by atoms with Crippen LogP contribution in [0.1, 0.15) is 6.92 Å². The molecule has 2 heterocycles. The Hall–Kier alpha value is -1.83. The summed E-state index contributed by atoms with van der Waals surface area (Å²) >= 11 is 1.21. The SMILES string of the molecule is CCn1c(Sc2nccnc2N)n[nH]c1=O. The molecule has 2 rings (SSSR count). The van der Waals surface area contributed by atoms with E-state index in [4.69, 9.17) is 5.73 Å². The molecule has 0 spiro atoms. The van der Waals surface area contributed by atoms with Crippen LogP contribution in [-0.4, -0.2) is 24.7 Å². The van der Waals surface area contributed by atoms with Gasteiger partial charge in [0.15, 0.2) is 11.0 Å². The van der Waals surface area contributed by atoms with Crippen molar-refractivity contribution in [2.24, 2.45) is 0 Å². The lowest BCUT2D eigenvalue weighted by molar-refractivity contribution is 0.660. The first-order valence-electron chi connectivity index (χ1n) is 4.62. The van der Waals surface area contributed by atoms with E-state index in [1.165, 1.54) is 22.5 Å². The lowest BCUT2D eigenvalue weighted by Crippen LogP contribution is -2.16. The van der Waals surface area contributed by atoms with Gasteiger partial charge in [0.25, 0.3) is 0 Å². The average molecular weight is 238 g/mol. The molecule has 84 valence electrons. The zero-order chi connectivity index (χ0) is 11.5. The molecule has 0 unspecified atom stereocenters. The largest absolute Gasteiger partial charge is 0.381 e. The van der Waals surface area contributed by atoms with Crippen molar-refractivity contribution in [1.82, 2.24) is 24.7 Å². The number of aromatic amines is 1. The molecule has 0 radical (unpaired) electrons. The highest BCUT2D eigenvalue weighted by molar-refractivity contribution is 7.99. The van der Waals surface area contributed by atoms with Gasteiger partial charge in [0.2, 0.25) is 0 Å². The van der Waals surface area contributed by atoms with Gasteiger partial charge in [0.1, 0.15) is 5.03 Å². The Balaban J connectivity index is 2.34. The van der Waals surface area contributed by atoms with Gasteiger partial charge in [0.05, 0.1) is 0 Å². The summed E-state index contributed by atoms with van der Waals surface area (Å²) in [7, 11) is 0. The van der Waals surface area contributed by atoms with Crippen molar-refractivity contribution in [3.8, 4) is 0 Å². The molecule has 0 fully saturated rings. The van der Waals surface area contributed by atoms with Crippen LogP contribution in [0.5, 0.6) is 0 Å². The lowest BCUT2D eigenvalue weighted by atomic mass is 10.7. The predicted molar refractivity (Wildman–Crippen MR) is 59.1 cm³/mol. The molecule has 7 nitrogen and oxygen atoms in total. The van der Waals surface area contributed by atoms with Gasteiger partial charge in [-0.1, -0.05) is 0 Å². The molecule has 3 N–H and O–H groups in total. The van der Waals surface area contributed by atoms with Gasteiger partial charge in [0, 0.05) is 18.9 Å². The van der Waals surface area contributed by atoms with Gasteiger partial charge in [-0.15, -0.1) is 5.10 Å². The van der Waals surface area contributed by atoms with Crippen molar-refractivity contribution in [2.75, 3.05) is 5.73 Å². The van der Waals surface area contributed by atoms with Gasteiger partial charge in [-0.2, -0.15) is 0 Å². The van der Waals surface area contributed by atoms with Crippen LogP contribution in [0.25, 0.3) is 0 Å². The number of nitrogen functional groups attached to an aromatic ring is 1. The Labute approximate surface area is 95.1 Å². The first-order valence-corrected chi connectivity index (χ1v) is 5.43. The van der Waals surface area contributed by atoms with E-state index in [2.05, 4.69) is 20.2 Å². The van der Waals surface area contributed by atoms with E-state index in [9.17, 15) is 4.79 Å². The van der Waals surface area contributed by atoms with Crippen LogP contribution in [0.15, 0.2) is 27.4 Å². The fourth-order valence-electron chi connectivity index (χ4n) is 1.16. The first kappa shape index (κ1) is 10.7. The number of nitrogens with zero attached hydrogens (tertiary/aromatic N) is 4. The number of hydrogen-bond donors (Lipinski definition) is 2. The topological polar surface area (TPSA) is 102 Å². The molecule has 16 heavy (non-hydrogen) atoms. The normalized spacial score (nSPS) is 10.6. The first-order chi connectivity index (χ1) is 7.72. The summed E-state index contributed by atoms with van der Waals surface area (Å²) in [4.78, 5) is 19.3. The van der Waals surface area contributed by atoms with Gasteiger partial charge in [-0.3, -0.25) is 4.57 Å². The summed E-state index contributed by atoms with van der Waals surface area (Å²) in [5.41, 5.74) is 5.40. The van der Waals surface area contributed by atoms with Crippen LogP contribution in [0.3, 0.4) is 0 Å². The number of aromatic nitrogens is 5. The molecule has 0 aliphatic rings. The maximum Gasteiger partial charge on any atom is 0.343 e. The Morgan fingerprint density at radius 2 is 2.25 bits per heavy atom. The number of H-pyrrole nitrogens is 1. The Kier molecular flexibility index (Phi) is 2.91. The number of nitrogens with two attached hydrogens (primary N) is 1. The summed E-state index contributed by atoms with van der Waals surface area (Å²) in [5, 5.41) is 7.33. The molecular formula is C8H10N6OS. The lowest BCUT2D eigenvalue weighted by Gasteiger charge is -2.02. The zero-order valence-corrected chi connectivity index (χ0v) is 9.36. The minimum atomic E-state index is -0.243. The van der Waals surface area contributed by atoms with Gasteiger partial charge < -0.3 is 5.73 Å². The molecule has 8 heteroatoms. The van der Waals surface area contributed by atoms with Crippen molar-refractivity contribution in [2.45, 2.75) is 23.7 Å².